The number of aryl methyl sites for hydroxylation is 1. The molecule has 3 rings (SSSR count). The molecule has 0 aromatic heterocycles. The quantitative estimate of drug-likeness (QED) is 0.859. The van der Waals surface area contributed by atoms with Crippen LogP contribution in [0.4, 0.5) is 0 Å². The van der Waals surface area contributed by atoms with E-state index in [-0.39, 0.29) is 5.91 Å². The fourth-order valence-electron chi connectivity index (χ4n) is 3.26. The van der Waals surface area contributed by atoms with Crippen molar-refractivity contribution in [3.05, 3.63) is 35.4 Å². The zero-order valence-corrected chi connectivity index (χ0v) is 10.1. The number of benzene rings is 1. The molecule has 1 aliphatic carbocycles. The molecule has 4 heteroatoms. The highest BCUT2D eigenvalue weighted by Crippen LogP contribution is 2.43. The molecule has 18 heavy (non-hydrogen) atoms. The van der Waals surface area contributed by atoms with Gasteiger partial charge in [0.2, 0.25) is 5.91 Å². The van der Waals surface area contributed by atoms with Gasteiger partial charge in [-0.15, -0.1) is 0 Å². The summed E-state index contributed by atoms with van der Waals surface area (Å²) in [6.07, 6.45) is 2.45. The SMILES string of the molecule is O=C1CCCN1C1(C(=O)O)CCc2ccccc21. The second-order valence-electron chi connectivity index (χ2n) is 4.97. The number of carbonyl (C=O) groups is 2. The number of aliphatic carboxylic acids is 1. The molecule has 0 radical (unpaired) electrons. The van der Waals surface area contributed by atoms with Gasteiger partial charge in [0.05, 0.1) is 0 Å². The summed E-state index contributed by atoms with van der Waals surface area (Å²) in [7, 11) is 0. The first-order chi connectivity index (χ1) is 8.66. The van der Waals surface area contributed by atoms with E-state index < -0.39 is 11.5 Å². The summed E-state index contributed by atoms with van der Waals surface area (Å²) in [5.74, 6) is -0.934. The summed E-state index contributed by atoms with van der Waals surface area (Å²) in [5.41, 5.74) is 0.733. The van der Waals surface area contributed by atoms with Crippen LogP contribution in [-0.2, 0) is 21.5 Å². The van der Waals surface area contributed by atoms with E-state index in [9.17, 15) is 14.7 Å². The van der Waals surface area contributed by atoms with Gasteiger partial charge in [0, 0.05) is 13.0 Å². The normalized spacial score (nSPS) is 26.4. The molecule has 1 aromatic carbocycles. The van der Waals surface area contributed by atoms with E-state index in [0.717, 1.165) is 24.0 Å². The Balaban J connectivity index is 2.15. The maximum atomic E-state index is 11.9. The van der Waals surface area contributed by atoms with Gasteiger partial charge < -0.3 is 10.0 Å². The van der Waals surface area contributed by atoms with Gasteiger partial charge in [0.25, 0.3) is 0 Å². The Morgan fingerprint density at radius 1 is 1.28 bits per heavy atom. The minimum Gasteiger partial charge on any atom is -0.479 e. The molecule has 1 aliphatic heterocycles. The highest BCUT2D eigenvalue weighted by Gasteiger charge is 2.52. The summed E-state index contributed by atoms with van der Waals surface area (Å²) < 4.78 is 0. The predicted molar refractivity (Wildman–Crippen MR) is 65.0 cm³/mol. The monoisotopic (exact) mass is 245 g/mol. The van der Waals surface area contributed by atoms with Gasteiger partial charge in [0.15, 0.2) is 5.54 Å². The van der Waals surface area contributed by atoms with Crippen LogP contribution in [0.5, 0.6) is 0 Å². The molecule has 1 aromatic rings. The lowest BCUT2D eigenvalue weighted by Gasteiger charge is -2.35. The molecule has 1 heterocycles. The standard InChI is InChI=1S/C14H15NO3/c16-12-6-3-9-15(12)14(13(17)18)8-7-10-4-1-2-5-11(10)14/h1-2,4-5H,3,6-9H2,(H,17,18). The minimum absolute atomic E-state index is 0.0332. The van der Waals surface area contributed by atoms with Crippen LogP contribution in [0.1, 0.15) is 30.4 Å². The van der Waals surface area contributed by atoms with Gasteiger partial charge in [0.1, 0.15) is 0 Å². The van der Waals surface area contributed by atoms with E-state index in [2.05, 4.69) is 0 Å². The molecule has 2 aliphatic rings. The Morgan fingerprint density at radius 3 is 2.72 bits per heavy atom. The maximum Gasteiger partial charge on any atom is 0.334 e. The van der Waals surface area contributed by atoms with E-state index in [1.165, 1.54) is 0 Å². The van der Waals surface area contributed by atoms with Crippen LogP contribution < -0.4 is 0 Å². The number of likely N-dealkylation sites (tertiary alicyclic amines) is 1. The number of amides is 1. The highest BCUT2D eigenvalue weighted by molar-refractivity contribution is 5.90. The van der Waals surface area contributed by atoms with Crippen molar-refractivity contribution < 1.29 is 14.7 Å². The summed E-state index contributed by atoms with van der Waals surface area (Å²) in [4.78, 5) is 25.3. The molecule has 1 unspecified atom stereocenters. The third-order valence-electron chi connectivity index (χ3n) is 4.11. The van der Waals surface area contributed by atoms with E-state index in [4.69, 9.17) is 0 Å². The average Bonchev–Trinajstić information content (AvgIpc) is 2.93. The molecule has 1 N–H and O–H groups in total. The second-order valence-corrected chi connectivity index (χ2v) is 4.97. The fourth-order valence-corrected chi connectivity index (χ4v) is 3.26. The molecule has 0 spiro atoms. The zero-order valence-electron chi connectivity index (χ0n) is 10.1. The van der Waals surface area contributed by atoms with Crippen molar-refractivity contribution in [1.82, 2.24) is 4.90 Å². The fraction of sp³-hybridized carbons (Fsp3) is 0.429. The Morgan fingerprint density at radius 2 is 2.06 bits per heavy atom. The summed E-state index contributed by atoms with van der Waals surface area (Å²) >= 11 is 0. The molecule has 4 nitrogen and oxygen atoms in total. The first-order valence-electron chi connectivity index (χ1n) is 6.28. The molecule has 0 bridgehead atoms. The molecule has 0 saturated carbocycles. The van der Waals surface area contributed by atoms with Crippen LogP contribution in [0.3, 0.4) is 0 Å². The molecule has 1 saturated heterocycles. The van der Waals surface area contributed by atoms with Crippen molar-refractivity contribution in [3.63, 3.8) is 0 Å². The van der Waals surface area contributed by atoms with Gasteiger partial charge >= 0.3 is 5.97 Å². The molecule has 1 fully saturated rings. The van der Waals surface area contributed by atoms with Crippen molar-refractivity contribution in [2.75, 3.05) is 6.54 Å². The van der Waals surface area contributed by atoms with E-state index in [0.29, 0.717) is 19.4 Å². The number of carboxylic acid groups (broad SMARTS) is 1. The number of rotatable bonds is 2. The van der Waals surface area contributed by atoms with Crippen molar-refractivity contribution in [2.45, 2.75) is 31.2 Å². The molecular formula is C14H15NO3. The van der Waals surface area contributed by atoms with Crippen LogP contribution in [0.2, 0.25) is 0 Å². The first-order valence-corrected chi connectivity index (χ1v) is 6.28. The third kappa shape index (κ3) is 1.32. The van der Waals surface area contributed by atoms with Crippen LogP contribution in [-0.4, -0.2) is 28.4 Å². The van der Waals surface area contributed by atoms with Gasteiger partial charge in [-0.3, -0.25) is 4.79 Å². The number of carboxylic acids is 1. The maximum absolute atomic E-state index is 11.9. The highest BCUT2D eigenvalue weighted by atomic mass is 16.4. The lowest BCUT2D eigenvalue weighted by atomic mass is 9.90. The van der Waals surface area contributed by atoms with Gasteiger partial charge in [-0.2, -0.15) is 0 Å². The first kappa shape index (κ1) is 11.3. The summed E-state index contributed by atoms with van der Waals surface area (Å²) in [6, 6.07) is 7.58. The van der Waals surface area contributed by atoms with Crippen LogP contribution >= 0.6 is 0 Å². The molecular weight excluding hydrogens is 230 g/mol. The third-order valence-corrected chi connectivity index (χ3v) is 4.11. The van der Waals surface area contributed by atoms with Crippen molar-refractivity contribution in [1.29, 1.82) is 0 Å². The lowest BCUT2D eigenvalue weighted by Crippen LogP contribution is -2.51. The smallest absolute Gasteiger partial charge is 0.334 e. The Labute approximate surface area is 105 Å². The summed E-state index contributed by atoms with van der Waals surface area (Å²) in [5, 5.41) is 9.69. The van der Waals surface area contributed by atoms with Crippen LogP contribution in [0, 0.1) is 0 Å². The van der Waals surface area contributed by atoms with Crippen molar-refractivity contribution in [2.24, 2.45) is 0 Å². The van der Waals surface area contributed by atoms with Gasteiger partial charge in [-0.1, -0.05) is 24.3 Å². The van der Waals surface area contributed by atoms with Crippen LogP contribution in [0.25, 0.3) is 0 Å². The van der Waals surface area contributed by atoms with Gasteiger partial charge in [-0.25, -0.2) is 4.79 Å². The Bertz CT molecular complexity index is 526. The van der Waals surface area contributed by atoms with E-state index in [1.807, 2.05) is 24.3 Å². The number of nitrogens with zero attached hydrogens (tertiary/aromatic N) is 1. The summed E-state index contributed by atoms with van der Waals surface area (Å²) in [6.45, 7) is 0.555. The largest absolute Gasteiger partial charge is 0.479 e. The van der Waals surface area contributed by atoms with E-state index >= 15 is 0 Å². The lowest BCUT2D eigenvalue weighted by molar-refractivity contribution is -0.158. The molecule has 94 valence electrons. The van der Waals surface area contributed by atoms with Crippen molar-refractivity contribution in [3.8, 4) is 0 Å². The van der Waals surface area contributed by atoms with E-state index in [1.54, 1.807) is 4.90 Å². The average molecular weight is 245 g/mol. The number of fused-ring (bicyclic) bond motifs is 1. The van der Waals surface area contributed by atoms with Crippen molar-refractivity contribution >= 4 is 11.9 Å². The zero-order chi connectivity index (χ0) is 12.8. The Hall–Kier alpha value is -1.84. The number of hydrogen-bond donors (Lipinski definition) is 1. The second kappa shape index (κ2) is 3.83. The number of carbonyl (C=O) groups excluding carboxylic acids is 1. The van der Waals surface area contributed by atoms with Crippen LogP contribution in [0.15, 0.2) is 24.3 Å². The number of hydrogen-bond acceptors (Lipinski definition) is 2. The topological polar surface area (TPSA) is 57.6 Å². The molecule has 1 atom stereocenters. The molecule has 1 amide bonds. The van der Waals surface area contributed by atoms with Gasteiger partial charge in [-0.05, 0) is 30.4 Å². The Kier molecular flexibility index (Phi) is 2.40. The minimum atomic E-state index is -1.12. The predicted octanol–water partition coefficient (Wildman–Crippen LogP) is 1.54.